The number of nitrogens with zero attached hydrogens (tertiary/aromatic N) is 3. The Bertz CT molecular complexity index is 1960. The maximum Gasteiger partial charge on any atom is 0.273 e. The van der Waals surface area contributed by atoms with E-state index < -0.39 is 49.9 Å². The van der Waals surface area contributed by atoms with Gasteiger partial charge in [0.25, 0.3) is 15.7 Å². The molecule has 0 aliphatic rings. The molecular weight excluding hydrogens is 703 g/mol. The highest BCUT2D eigenvalue weighted by molar-refractivity contribution is 7.92. The average Bonchev–Trinajstić information content (AvgIpc) is 3.09. The minimum absolute atomic E-state index is 0.0698. The zero-order chi connectivity index (χ0) is 36.6. The summed E-state index contributed by atoms with van der Waals surface area (Å²) in [5.41, 5.74) is 1.04. The summed E-state index contributed by atoms with van der Waals surface area (Å²) >= 11 is 12.9. The van der Waals surface area contributed by atoms with E-state index in [1.807, 2.05) is 44.2 Å². The Morgan fingerprint density at radius 2 is 1.66 bits per heavy atom. The highest BCUT2D eigenvalue weighted by Crippen LogP contribution is 2.36. The second kappa shape index (κ2) is 16.8. The number of nitrogens with one attached hydrogen (secondary N) is 1. The van der Waals surface area contributed by atoms with E-state index in [0.717, 1.165) is 15.9 Å². The van der Waals surface area contributed by atoms with Crippen LogP contribution < -0.4 is 14.4 Å². The van der Waals surface area contributed by atoms with E-state index in [4.69, 9.17) is 27.9 Å². The van der Waals surface area contributed by atoms with Gasteiger partial charge in [0, 0.05) is 40.7 Å². The number of ether oxygens (including phenoxy) is 1. The molecule has 0 spiro atoms. The van der Waals surface area contributed by atoms with Crippen molar-refractivity contribution in [2.24, 2.45) is 0 Å². The molecule has 4 rings (SSSR count). The summed E-state index contributed by atoms with van der Waals surface area (Å²) < 4.78 is 35.2. The van der Waals surface area contributed by atoms with Crippen molar-refractivity contribution in [1.29, 1.82) is 0 Å². The Labute approximate surface area is 302 Å². The number of rotatable bonds is 15. The fourth-order valence-corrected chi connectivity index (χ4v) is 7.05. The SMILES string of the molecule is CCC(C)NC(=O)C(Cc1ccccc1)N(Cc1ccccc1Cl)C(=O)CN(c1cc(Cl)ccc1OC)S(=O)(=O)c1ccc(C)c([N+](=O)[O-])c1. The second-order valence-corrected chi connectivity index (χ2v) is 14.4. The standard InChI is InChI=1S/C36H38Cl2N4O7S/c1-5-25(3)39-36(44)33(19-26-11-7-6-8-12-26)40(22-27-13-9-10-14-30(27)38)35(43)23-41(32-20-28(37)16-18-34(32)49-4)50(47,48)29-17-15-24(2)31(21-29)42(45)46/h6-18,20-21,25,33H,5,19,22-23H2,1-4H3,(H,39,44). The van der Waals surface area contributed by atoms with E-state index in [1.165, 1.54) is 49.3 Å². The molecule has 50 heavy (non-hydrogen) atoms. The van der Waals surface area contributed by atoms with Gasteiger partial charge in [0.15, 0.2) is 0 Å². The second-order valence-electron chi connectivity index (χ2n) is 11.7. The lowest BCUT2D eigenvalue weighted by Crippen LogP contribution is -2.54. The molecule has 0 aliphatic heterocycles. The third-order valence-electron chi connectivity index (χ3n) is 8.22. The van der Waals surface area contributed by atoms with Crippen molar-refractivity contribution in [3.8, 4) is 5.75 Å². The normalized spacial score (nSPS) is 12.4. The number of amides is 2. The number of methoxy groups -OCH3 is 1. The fraction of sp³-hybridized carbons (Fsp3) is 0.278. The molecule has 264 valence electrons. The maximum atomic E-state index is 14.7. The molecular formula is C36H38Cl2N4O7S. The third kappa shape index (κ3) is 9.12. The van der Waals surface area contributed by atoms with Crippen LogP contribution in [0.4, 0.5) is 11.4 Å². The monoisotopic (exact) mass is 740 g/mol. The molecule has 11 nitrogen and oxygen atoms in total. The molecule has 0 aromatic heterocycles. The smallest absolute Gasteiger partial charge is 0.273 e. The molecule has 14 heteroatoms. The Morgan fingerprint density at radius 3 is 2.30 bits per heavy atom. The van der Waals surface area contributed by atoms with Crippen LogP contribution in [0.3, 0.4) is 0 Å². The molecule has 0 saturated carbocycles. The van der Waals surface area contributed by atoms with E-state index in [1.54, 1.807) is 24.3 Å². The van der Waals surface area contributed by atoms with Gasteiger partial charge >= 0.3 is 0 Å². The number of halogens is 2. The van der Waals surface area contributed by atoms with Crippen LogP contribution in [0.2, 0.25) is 10.0 Å². The molecule has 2 amide bonds. The predicted molar refractivity (Wildman–Crippen MR) is 194 cm³/mol. The Morgan fingerprint density at radius 1 is 0.980 bits per heavy atom. The van der Waals surface area contributed by atoms with Gasteiger partial charge in [-0.2, -0.15) is 0 Å². The highest BCUT2D eigenvalue weighted by Gasteiger charge is 2.36. The molecule has 2 atom stereocenters. The number of nitro benzene ring substituents is 1. The molecule has 0 bridgehead atoms. The van der Waals surface area contributed by atoms with Crippen LogP contribution in [0.25, 0.3) is 0 Å². The number of carbonyl (C=O) groups excluding carboxylic acids is 2. The van der Waals surface area contributed by atoms with Gasteiger partial charge in [-0.25, -0.2) is 8.42 Å². The van der Waals surface area contributed by atoms with Gasteiger partial charge < -0.3 is 15.0 Å². The van der Waals surface area contributed by atoms with Crippen molar-refractivity contribution in [3.63, 3.8) is 0 Å². The van der Waals surface area contributed by atoms with Gasteiger partial charge in [-0.1, -0.05) is 84.7 Å². The number of nitro groups is 1. The average molecular weight is 742 g/mol. The lowest BCUT2D eigenvalue weighted by molar-refractivity contribution is -0.385. The van der Waals surface area contributed by atoms with Crippen LogP contribution >= 0.6 is 23.2 Å². The Hall–Kier alpha value is -4.65. The number of hydrogen-bond acceptors (Lipinski definition) is 7. The number of benzene rings is 4. The zero-order valence-corrected chi connectivity index (χ0v) is 30.3. The molecule has 0 radical (unpaired) electrons. The Balaban J connectivity index is 1.90. The van der Waals surface area contributed by atoms with Gasteiger partial charge in [-0.15, -0.1) is 0 Å². The van der Waals surface area contributed by atoms with Gasteiger partial charge in [-0.3, -0.25) is 24.0 Å². The quantitative estimate of drug-likeness (QED) is 0.103. The van der Waals surface area contributed by atoms with Gasteiger partial charge in [0.1, 0.15) is 18.3 Å². The number of sulfonamides is 1. The van der Waals surface area contributed by atoms with Crippen LogP contribution in [0, 0.1) is 17.0 Å². The van der Waals surface area contributed by atoms with Crippen molar-refractivity contribution in [1.82, 2.24) is 10.2 Å². The first kappa shape index (κ1) is 38.2. The van der Waals surface area contributed by atoms with Crippen LogP contribution in [0.1, 0.15) is 37.0 Å². The van der Waals surface area contributed by atoms with E-state index in [9.17, 15) is 28.1 Å². The summed E-state index contributed by atoms with van der Waals surface area (Å²) in [5, 5.41) is 15.3. The first-order valence-electron chi connectivity index (χ1n) is 15.7. The largest absolute Gasteiger partial charge is 0.495 e. The fourth-order valence-electron chi connectivity index (χ4n) is 5.25. The third-order valence-corrected chi connectivity index (χ3v) is 10.6. The van der Waals surface area contributed by atoms with Crippen LogP contribution in [0.5, 0.6) is 5.75 Å². The van der Waals surface area contributed by atoms with Crippen molar-refractivity contribution >= 4 is 56.4 Å². The van der Waals surface area contributed by atoms with Crippen molar-refractivity contribution in [3.05, 3.63) is 128 Å². The number of carbonyl (C=O) groups is 2. The van der Waals surface area contributed by atoms with Crippen LogP contribution in [0.15, 0.2) is 95.9 Å². The van der Waals surface area contributed by atoms with Crippen LogP contribution in [-0.2, 0) is 32.6 Å². The summed E-state index contributed by atoms with van der Waals surface area (Å²) in [6, 6.07) is 22.4. The van der Waals surface area contributed by atoms with Gasteiger partial charge in [0.05, 0.1) is 22.6 Å². The minimum atomic E-state index is -4.70. The molecule has 0 aliphatic carbocycles. The summed E-state index contributed by atoms with van der Waals surface area (Å²) in [5.74, 6) is -1.12. The first-order chi connectivity index (χ1) is 23.8. The van der Waals surface area contributed by atoms with Crippen molar-refractivity contribution in [2.75, 3.05) is 18.0 Å². The van der Waals surface area contributed by atoms with E-state index >= 15 is 0 Å². The molecule has 0 saturated heterocycles. The molecule has 1 N–H and O–H groups in total. The first-order valence-corrected chi connectivity index (χ1v) is 17.9. The van der Waals surface area contributed by atoms with Crippen molar-refractivity contribution in [2.45, 2.75) is 57.1 Å². The lowest BCUT2D eigenvalue weighted by atomic mass is 10.0. The minimum Gasteiger partial charge on any atom is -0.495 e. The summed E-state index contributed by atoms with van der Waals surface area (Å²) in [7, 11) is -3.37. The molecule has 4 aromatic carbocycles. The number of anilines is 1. The zero-order valence-electron chi connectivity index (χ0n) is 28.0. The highest BCUT2D eigenvalue weighted by atomic mass is 35.5. The van der Waals surface area contributed by atoms with Crippen molar-refractivity contribution < 1.29 is 27.7 Å². The number of hydrogen-bond donors (Lipinski definition) is 1. The number of aryl methyl sites for hydroxylation is 1. The lowest BCUT2D eigenvalue weighted by Gasteiger charge is -2.34. The predicted octanol–water partition coefficient (Wildman–Crippen LogP) is 6.97. The summed E-state index contributed by atoms with van der Waals surface area (Å²) in [6.07, 6.45) is 0.738. The van der Waals surface area contributed by atoms with Gasteiger partial charge in [0.2, 0.25) is 11.8 Å². The van der Waals surface area contributed by atoms with E-state index in [0.29, 0.717) is 17.0 Å². The topological polar surface area (TPSA) is 139 Å². The van der Waals surface area contributed by atoms with Gasteiger partial charge in [-0.05, 0) is 61.7 Å². The summed E-state index contributed by atoms with van der Waals surface area (Å²) in [6.45, 7) is 4.28. The Kier molecular flexibility index (Phi) is 12.9. The molecule has 4 aromatic rings. The van der Waals surface area contributed by atoms with E-state index in [2.05, 4.69) is 5.32 Å². The maximum absolute atomic E-state index is 14.7. The van der Waals surface area contributed by atoms with E-state index in [-0.39, 0.29) is 41.0 Å². The molecule has 0 heterocycles. The molecule has 0 fully saturated rings. The van der Waals surface area contributed by atoms with Crippen LogP contribution in [-0.4, -0.2) is 55.8 Å². The molecule has 2 unspecified atom stereocenters. The summed E-state index contributed by atoms with van der Waals surface area (Å²) in [4.78, 5) is 40.7.